The summed E-state index contributed by atoms with van der Waals surface area (Å²) in [7, 11) is -3.28. The van der Waals surface area contributed by atoms with Gasteiger partial charge in [-0.1, -0.05) is 20.8 Å². The van der Waals surface area contributed by atoms with Crippen molar-refractivity contribution >= 4 is 10.2 Å². The third-order valence-corrected chi connectivity index (χ3v) is 6.50. The Hall–Kier alpha value is -0.170. The second kappa shape index (κ2) is 8.32. The molecular formula is C14H31N3O2S. The molecule has 1 saturated heterocycles. The van der Waals surface area contributed by atoms with Gasteiger partial charge in [0, 0.05) is 25.7 Å². The molecule has 0 aliphatic carbocycles. The minimum absolute atomic E-state index is 0.0736. The van der Waals surface area contributed by atoms with E-state index < -0.39 is 10.2 Å². The minimum atomic E-state index is -3.28. The molecule has 1 rings (SSSR count). The van der Waals surface area contributed by atoms with Crippen LogP contribution in [-0.4, -0.2) is 55.8 Å². The molecule has 0 spiro atoms. The van der Waals surface area contributed by atoms with Crippen molar-refractivity contribution in [2.24, 2.45) is 5.92 Å². The van der Waals surface area contributed by atoms with Crippen molar-refractivity contribution in [2.45, 2.75) is 53.0 Å². The summed E-state index contributed by atoms with van der Waals surface area (Å²) in [6, 6.07) is 0.0736. The van der Waals surface area contributed by atoms with Gasteiger partial charge < -0.3 is 5.32 Å². The van der Waals surface area contributed by atoms with E-state index in [-0.39, 0.29) is 6.04 Å². The van der Waals surface area contributed by atoms with Crippen LogP contribution in [0.5, 0.6) is 0 Å². The Balaban J connectivity index is 2.62. The monoisotopic (exact) mass is 305 g/mol. The normalized spacial score (nSPS) is 20.4. The Kier molecular flexibility index (Phi) is 7.43. The van der Waals surface area contributed by atoms with Gasteiger partial charge in [0.25, 0.3) is 10.2 Å². The first-order valence-corrected chi connectivity index (χ1v) is 9.34. The van der Waals surface area contributed by atoms with Crippen molar-refractivity contribution in [2.75, 3.05) is 32.7 Å². The molecule has 0 radical (unpaired) electrons. The molecule has 1 unspecified atom stereocenters. The van der Waals surface area contributed by atoms with Crippen molar-refractivity contribution in [1.29, 1.82) is 0 Å². The molecule has 1 atom stereocenters. The lowest BCUT2D eigenvalue weighted by Crippen LogP contribution is -2.50. The molecule has 1 aliphatic heterocycles. The topological polar surface area (TPSA) is 52.7 Å². The van der Waals surface area contributed by atoms with Gasteiger partial charge in [0.2, 0.25) is 0 Å². The third-order valence-electron chi connectivity index (χ3n) is 4.27. The highest BCUT2D eigenvalue weighted by molar-refractivity contribution is 7.86. The first-order chi connectivity index (χ1) is 9.47. The fraction of sp³-hybridized carbons (Fsp3) is 1.00. The smallest absolute Gasteiger partial charge is 0.282 e. The molecule has 1 fully saturated rings. The zero-order valence-electron chi connectivity index (χ0n) is 13.4. The van der Waals surface area contributed by atoms with Gasteiger partial charge in [0.15, 0.2) is 0 Å². The third kappa shape index (κ3) is 4.41. The van der Waals surface area contributed by atoms with Gasteiger partial charge in [-0.05, 0) is 45.2 Å². The van der Waals surface area contributed by atoms with Crippen molar-refractivity contribution in [3.05, 3.63) is 0 Å². The Morgan fingerprint density at radius 1 is 1.25 bits per heavy atom. The number of hydrogen-bond donors (Lipinski definition) is 1. The first-order valence-electron chi connectivity index (χ1n) is 7.94. The van der Waals surface area contributed by atoms with Gasteiger partial charge in [-0.3, -0.25) is 0 Å². The van der Waals surface area contributed by atoms with Crippen LogP contribution < -0.4 is 5.32 Å². The number of hydrogen-bond acceptors (Lipinski definition) is 3. The summed E-state index contributed by atoms with van der Waals surface area (Å²) < 4.78 is 28.7. The maximum absolute atomic E-state index is 12.7. The van der Waals surface area contributed by atoms with Crippen LogP contribution in [-0.2, 0) is 10.2 Å². The Bertz CT molecular complexity index is 365. The van der Waals surface area contributed by atoms with Crippen LogP contribution in [0.15, 0.2) is 0 Å². The van der Waals surface area contributed by atoms with Gasteiger partial charge in [0.1, 0.15) is 0 Å². The molecule has 1 aliphatic rings. The lowest BCUT2D eigenvalue weighted by molar-refractivity contribution is 0.239. The average Bonchev–Trinajstić information content (AvgIpc) is 2.45. The van der Waals surface area contributed by atoms with E-state index >= 15 is 0 Å². The highest BCUT2D eigenvalue weighted by Gasteiger charge is 2.33. The number of piperidine rings is 1. The molecule has 0 aromatic heterocycles. The fourth-order valence-corrected chi connectivity index (χ4v) is 4.65. The van der Waals surface area contributed by atoms with Crippen LogP contribution in [0.2, 0.25) is 0 Å². The molecule has 1 N–H and O–H groups in total. The predicted molar refractivity (Wildman–Crippen MR) is 83.9 cm³/mol. The van der Waals surface area contributed by atoms with Gasteiger partial charge in [-0.25, -0.2) is 0 Å². The van der Waals surface area contributed by atoms with E-state index in [9.17, 15) is 8.42 Å². The van der Waals surface area contributed by atoms with E-state index in [2.05, 4.69) is 12.2 Å². The Labute approximate surface area is 124 Å². The van der Waals surface area contributed by atoms with Crippen LogP contribution in [0.4, 0.5) is 0 Å². The van der Waals surface area contributed by atoms with E-state index in [1.165, 1.54) is 0 Å². The maximum atomic E-state index is 12.7. The SMILES string of the molecule is CCNCC1CCN(S(=O)(=O)N(CC)C(C)CC)CC1. The van der Waals surface area contributed by atoms with Crippen molar-refractivity contribution in [3.8, 4) is 0 Å². The summed E-state index contributed by atoms with van der Waals surface area (Å²) in [5, 5.41) is 3.35. The van der Waals surface area contributed by atoms with Crippen LogP contribution >= 0.6 is 0 Å². The number of nitrogens with one attached hydrogen (secondary N) is 1. The molecular weight excluding hydrogens is 274 g/mol. The van der Waals surface area contributed by atoms with Gasteiger partial charge in [-0.2, -0.15) is 17.0 Å². The summed E-state index contributed by atoms with van der Waals surface area (Å²) in [6.07, 6.45) is 2.78. The lowest BCUT2D eigenvalue weighted by Gasteiger charge is -2.36. The summed E-state index contributed by atoms with van der Waals surface area (Å²) >= 11 is 0. The maximum Gasteiger partial charge on any atom is 0.282 e. The zero-order chi connectivity index (χ0) is 15.2. The highest BCUT2D eigenvalue weighted by Crippen LogP contribution is 2.22. The van der Waals surface area contributed by atoms with Crippen LogP contribution in [0.1, 0.15) is 47.0 Å². The molecule has 0 aromatic rings. The van der Waals surface area contributed by atoms with E-state index in [4.69, 9.17) is 0 Å². The van der Waals surface area contributed by atoms with Crippen LogP contribution in [0.3, 0.4) is 0 Å². The predicted octanol–water partition coefficient (Wildman–Crippen LogP) is 1.67. The molecule has 5 nitrogen and oxygen atoms in total. The highest BCUT2D eigenvalue weighted by atomic mass is 32.2. The lowest BCUT2D eigenvalue weighted by atomic mass is 9.98. The summed E-state index contributed by atoms with van der Waals surface area (Å²) in [5.41, 5.74) is 0. The molecule has 1 heterocycles. The minimum Gasteiger partial charge on any atom is -0.317 e. The molecule has 6 heteroatoms. The van der Waals surface area contributed by atoms with Gasteiger partial charge >= 0.3 is 0 Å². The molecule has 0 bridgehead atoms. The van der Waals surface area contributed by atoms with Gasteiger partial charge in [0.05, 0.1) is 0 Å². The van der Waals surface area contributed by atoms with E-state index in [0.29, 0.717) is 25.6 Å². The average molecular weight is 305 g/mol. The second-order valence-corrected chi connectivity index (χ2v) is 7.50. The van der Waals surface area contributed by atoms with E-state index in [1.54, 1.807) is 8.61 Å². The molecule has 120 valence electrons. The number of nitrogens with zero attached hydrogens (tertiary/aromatic N) is 2. The molecule has 0 aromatic carbocycles. The zero-order valence-corrected chi connectivity index (χ0v) is 14.2. The molecule has 0 amide bonds. The summed E-state index contributed by atoms with van der Waals surface area (Å²) in [5.74, 6) is 0.611. The molecule has 0 saturated carbocycles. The van der Waals surface area contributed by atoms with Crippen molar-refractivity contribution in [1.82, 2.24) is 13.9 Å². The van der Waals surface area contributed by atoms with Crippen LogP contribution in [0.25, 0.3) is 0 Å². The number of rotatable bonds is 8. The van der Waals surface area contributed by atoms with E-state index in [1.807, 2.05) is 20.8 Å². The van der Waals surface area contributed by atoms with Crippen molar-refractivity contribution in [3.63, 3.8) is 0 Å². The second-order valence-electron chi connectivity index (χ2n) is 5.62. The summed E-state index contributed by atoms with van der Waals surface area (Å²) in [6.45, 7) is 11.9. The largest absolute Gasteiger partial charge is 0.317 e. The van der Waals surface area contributed by atoms with Crippen LogP contribution in [0, 0.1) is 5.92 Å². The summed E-state index contributed by atoms with van der Waals surface area (Å²) in [4.78, 5) is 0. The van der Waals surface area contributed by atoms with Crippen molar-refractivity contribution < 1.29 is 8.42 Å². The van der Waals surface area contributed by atoms with E-state index in [0.717, 1.165) is 32.4 Å². The van der Waals surface area contributed by atoms with Gasteiger partial charge in [-0.15, -0.1) is 0 Å². The quantitative estimate of drug-likeness (QED) is 0.742. The standard InChI is InChI=1S/C14H31N3O2S/c1-5-13(4)17(7-3)20(18,19)16-10-8-14(9-11-16)12-15-6-2/h13-15H,5-12H2,1-4H3. The fourth-order valence-electron chi connectivity index (χ4n) is 2.75. The Morgan fingerprint density at radius 3 is 2.30 bits per heavy atom. The Morgan fingerprint density at radius 2 is 1.85 bits per heavy atom. The molecule has 20 heavy (non-hydrogen) atoms. The first kappa shape index (κ1) is 17.9.